The van der Waals surface area contributed by atoms with Gasteiger partial charge in [-0.25, -0.2) is 14.6 Å². The number of ether oxygens (including phenoxy) is 2. The predicted molar refractivity (Wildman–Crippen MR) is 143 cm³/mol. The van der Waals surface area contributed by atoms with Gasteiger partial charge in [0.05, 0.1) is 16.3 Å². The van der Waals surface area contributed by atoms with E-state index < -0.39 is 28.8 Å². The van der Waals surface area contributed by atoms with Crippen molar-refractivity contribution in [3.8, 4) is 17.2 Å². The molecule has 0 bridgehead atoms. The van der Waals surface area contributed by atoms with Gasteiger partial charge >= 0.3 is 18.2 Å². The molecular weight excluding hydrogens is 553 g/mol. The maximum Gasteiger partial charge on any atom is 0.417 e. The van der Waals surface area contributed by atoms with E-state index in [4.69, 9.17) is 26.2 Å². The smallest absolute Gasteiger partial charge is 0.417 e. The number of carboxylic acids is 1. The maximum absolute atomic E-state index is 13.4. The number of pyridine rings is 1. The summed E-state index contributed by atoms with van der Waals surface area (Å²) in [4.78, 5) is 29.4. The summed E-state index contributed by atoms with van der Waals surface area (Å²) in [7, 11) is 0. The molecule has 0 radical (unpaired) electrons. The number of carboxylic acid groups (broad SMARTS) is 1. The number of likely N-dealkylation sites (N-methyl/N-ethyl adjacent to an activating group) is 1. The molecule has 3 N–H and O–H groups in total. The van der Waals surface area contributed by atoms with Crippen LogP contribution < -0.4 is 20.1 Å². The maximum atomic E-state index is 13.4. The molecule has 0 atom stereocenters. The van der Waals surface area contributed by atoms with Crippen LogP contribution in [0.5, 0.6) is 17.2 Å². The molecular formula is C27H28ClF3N4O5. The average molecular weight is 581 g/mol. The van der Waals surface area contributed by atoms with Crippen molar-refractivity contribution in [3.05, 3.63) is 76.6 Å². The Balaban J connectivity index is 1.64. The molecule has 0 aliphatic rings. The van der Waals surface area contributed by atoms with Gasteiger partial charge < -0.3 is 30.1 Å². The van der Waals surface area contributed by atoms with E-state index in [1.165, 1.54) is 18.3 Å². The molecule has 0 unspecified atom stereocenters. The van der Waals surface area contributed by atoms with Crippen LogP contribution in [0.2, 0.25) is 5.02 Å². The second-order valence-corrected chi connectivity index (χ2v) is 8.84. The van der Waals surface area contributed by atoms with Crippen LogP contribution in [0.1, 0.15) is 35.5 Å². The topological polar surface area (TPSA) is 113 Å². The average Bonchev–Trinajstić information content (AvgIpc) is 2.91. The third-order valence-corrected chi connectivity index (χ3v) is 6.06. The first-order chi connectivity index (χ1) is 19.0. The summed E-state index contributed by atoms with van der Waals surface area (Å²) >= 11 is 5.87. The Morgan fingerprint density at radius 2 is 1.75 bits per heavy atom. The highest BCUT2D eigenvalue weighted by atomic mass is 35.5. The number of nitrogens with one attached hydrogen (secondary N) is 2. The number of benzene rings is 2. The molecule has 40 heavy (non-hydrogen) atoms. The second kappa shape index (κ2) is 13.9. The van der Waals surface area contributed by atoms with E-state index in [0.717, 1.165) is 25.2 Å². The highest BCUT2D eigenvalue weighted by Gasteiger charge is 2.34. The molecule has 0 fully saturated rings. The predicted octanol–water partition coefficient (Wildman–Crippen LogP) is 6.29. The zero-order valence-corrected chi connectivity index (χ0v) is 22.5. The van der Waals surface area contributed by atoms with Gasteiger partial charge in [0.1, 0.15) is 23.9 Å². The summed E-state index contributed by atoms with van der Waals surface area (Å²) in [6.07, 6.45) is -3.41. The summed E-state index contributed by atoms with van der Waals surface area (Å²) in [5, 5.41) is 13.5. The van der Waals surface area contributed by atoms with Gasteiger partial charge in [0.2, 0.25) is 0 Å². The van der Waals surface area contributed by atoms with Crippen molar-refractivity contribution in [2.75, 3.05) is 31.6 Å². The molecule has 0 aliphatic carbocycles. The minimum Gasteiger partial charge on any atom is -0.490 e. The van der Waals surface area contributed by atoms with Gasteiger partial charge in [-0.2, -0.15) is 13.2 Å². The molecule has 0 saturated carbocycles. The number of urea groups is 1. The molecule has 13 heteroatoms. The summed E-state index contributed by atoms with van der Waals surface area (Å²) in [5.74, 6) is -0.460. The summed E-state index contributed by atoms with van der Waals surface area (Å²) in [6.45, 7) is 6.31. The fraction of sp³-hybridized carbons (Fsp3) is 0.296. The van der Waals surface area contributed by atoms with Crippen LogP contribution in [0.3, 0.4) is 0 Å². The summed E-state index contributed by atoms with van der Waals surface area (Å²) < 4.78 is 51.6. The molecule has 2 aromatic carbocycles. The van der Waals surface area contributed by atoms with E-state index >= 15 is 0 Å². The number of nitrogens with zero attached hydrogens (tertiary/aromatic N) is 2. The Labute approximate surface area is 233 Å². The van der Waals surface area contributed by atoms with Gasteiger partial charge in [-0.05, 0) is 42.9 Å². The van der Waals surface area contributed by atoms with Crippen LogP contribution in [0.4, 0.5) is 23.7 Å². The third-order valence-electron chi connectivity index (χ3n) is 5.75. The first kappa shape index (κ1) is 30.5. The number of rotatable bonds is 12. The first-order valence-electron chi connectivity index (χ1n) is 12.3. The lowest BCUT2D eigenvalue weighted by Gasteiger charge is -2.20. The molecule has 3 rings (SSSR count). The van der Waals surface area contributed by atoms with E-state index in [-0.39, 0.29) is 36.0 Å². The largest absolute Gasteiger partial charge is 0.490 e. The van der Waals surface area contributed by atoms with E-state index in [2.05, 4.69) is 20.5 Å². The molecule has 3 aromatic rings. The number of carbonyl (C=O) groups is 2. The third kappa shape index (κ3) is 8.75. The van der Waals surface area contributed by atoms with Crippen molar-refractivity contribution in [2.45, 2.75) is 26.6 Å². The van der Waals surface area contributed by atoms with Crippen LogP contribution >= 0.6 is 11.6 Å². The van der Waals surface area contributed by atoms with Crippen molar-refractivity contribution < 1.29 is 37.3 Å². The first-order valence-corrected chi connectivity index (χ1v) is 12.6. The van der Waals surface area contributed by atoms with Gasteiger partial charge in [0.25, 0.3) is 0 Å². The number of carbonyl (C=O) groups excluding carboxylic acids is 1. The number of aromatic carboxylic acids is 1. The second-order valence-electron chi connectivity index (χ2n) is 8.44. The minimum absolute atomic E-state index is 0.0176. The Kier molecular flexibility index (Phi) is 10.6. The van der Waals surface area contributed by atoms with E-state index in [1.54, 1.807) is 24.3 Å². The number of amides is 2. The van der Waals surface area contributed by atoms with Crippen molar-refractivity contribution in [1.82, 2.24) is 15.2 Å². The van der Waals surface area contributed by atoms with Gasteiger partial charge in [-0.15, -0.1) is 0 Å². The Bertz CT molecular complexity index is 1320. The minimum atomic E-state index is -4.72. The lowest BCUT2D eigenvalue weighted by atomic mass is 10.1. The molecule has 0 saturated heterocycles. The van der Waals surface area contributed by atoms with Crippen molar-refractivity contribution >= 4 is 29.3 Å². The lowest BCUT2D eigenvalue weighted by Crippen LogP contribution is -2.29. The van der Waals surface area contributed by atoms with Crippen LogP contribution in [-0.4, -0.2) is 53.2 Å². The molecule has 1 heterocycles. The van der Waals surface area contributed by atoms with Gasteiger partial charge in [0, 0.05) is 31.4 Å². The molecule has 1 aromatic heterocycles. The SMILES string of the molecule is CCN(CC)CCOc1cc(Cl)c(C(F)(F)F)cc1NC(=O)NCc1ccc(Oc2ccnc(C(=O)O)c2)cc1. The zero-order chi connectivity index (χ0) is 29.3. The van der Waals surface area contributed by atoms with Gasteiger partial charge in [0.15, 0.2) is 5.69 Å². The van der Waals surface area contributed by atoms with E-state index in [1.807, 2.05) is 13.8 Å². The standard InChI is InChI=1S/C27H28ClF3N4O5/c1-3-35(4-2)11-12-39-24-15-21(28)20(27(29,30)31)14-22(24)34-26(38)33-16-17-5-7-18(8-6-17)40-19-9-10-32-23(13-19)25(36)37/h5-10,13-15H,3-4,11-12,16H2,1-2H3,(H,36,37)(H2,33,34,38). The van der Waals surface area contributed by atoms with E-state index in [9.17, 15) is 22.8 Å². The fourth-order valence-electron chi connectivity index (χ4n) is 3.57. The lowest BCUT2D eigenvalue weighted by molar-refractivity contribution is -0.137. The van der Waals surface area contributed by atoms with Crippen molar-refractivity contribution in [3.63, 3.8) is 0 Å². The molecule has 0 aliphatic heterocycles. The Hall–Kier alpha value is -4.03. The number of halogens is 4. The zero-order valence-electron chi connectivity index (χ0n) is 21.7. The summed E-state index contributed by atoms with van der Waals surface area (Å²) in [5.41, 5.74) is -0.757. The normalized spacial score (nSPS) is 11.3. The number of aromatic nitrogens is 1. The number of alkyl halides is 3. The number of hydrogen-bond acceptors (Lipinski definition) is 6. The number of anilines is 1. The summed E-state index contributed by atoms with van der Waals surface area (Å²) in [6, 6.07) is 10.4. The fourth-order valence-corrected chi connectivity index (χ4v) is 3.83. The number of hydrogen-bond donors (Lipinski definition) is 3. The van der Waals surface area contributed by atoms with Crippen LogP contribution in [0, 0.1) is 0 Å². The molecule has 0 spiro atoms. The van der Waals surface area contributed by atoms with Crippen LogP contribution in [0.15, 0.2) is 54.7 Å². The van der Waals surface area contributed by atoms with Crippen LogP contribution in [0.25, 0.3) is 0 Å². The van der Waals surface area contributed by atoms with Crippen LogP contribution in [-0.2, 0) is 12.7 Å². The van der Waals surface area contributed by atoms with Crippen molar-refractivity contribution in [2.24, 2.45) is 0 Å². The molecule has 214 valence electrons. The Morgan fingerprint density at radius 1 is 1.05 bits per heavy atom. The highest BCUT2D eigenvalue weighted by Crippen LogP contribution is 2.40. The monoisotopic (exact) mass is 580 g/mol. The molecule has 2 amide bonds. The Morgan fingerprint density at radius 3 is 2.38 bits per heavy atom. The highest BCUT2D eigenvalue weighted by molar-refractivity contribution is 6.31. The van der Waals surface area contributed by atoms with Crippen molar-refractivity contribution in [1.29, 1.82) is 0 Å². The quantitative estimate of drug-likeness (QED) is 0.231. The molecule has 9 nitrogen and oxygen atoms in total. The van der Waals surface area contributed by atoms with Gasteiger partial charge in [-0.1, -0.05) is 37.6 Å². The van der Waals surface area contributed by atoms with Gasteiger partial charge in [-0.3, -0.25) is 0 Å². The van der Waals surface area contributed by atoms with E-state index in [0.29, 0.717) is 17.9 Å².